The molecular weight excluding hydrogens is 342 g/mol. The molecule has 0 saturated heterocycles. The van der Waals surface area contributed by atoms with Gasteiger partial charge in [-0.25, -0.2) is 4.79 Å². The maximum atomic E-state index is 12.9. The van der Waals surface area contributed by atoms with Crippen LogP contribution in [-0.2, 0) is 14.3 Å². The molecule has 0 saturated carbocycles. The molecule has 0 aliphatic heterocycles. The van der Waals surface area contributed by atoms with E-state index in [1.165, 1.54) is 6.07 Å². The average Bonchev–Trinajstić information content (AvgIpc) is 2.59. The molecule has 130 valence electrons. The summed E-state index contributed by atoms with van der Waals surface area (Å²) in [6.45, 7) is 3.49. The van der Waals surface area contributed by atoms with Crippen LogP contribution in [0.15, 0.2) is 41.7 Å². The predicted octanol–water partition coefficient (Wildman–Crippen LogP) is 3.45. The van der Waals surface area contributed by atoms with Crippen LogP contribution in [0.25, 0.3) is 0 Å². The molecule has 0 amide bonds. The van der Waals surface area contributed by atoms with Crippen LogP contribution in [0, 0.1) is 18.3 Å². The number of esters is 1. The van der Waals surface area contributed by atoms with Crippen molar-refractivity contribution in [1.82, 2.24) is 0 Å². The fourth-order valence-electron chi connectivity index (χ4n) is 2.46. The number of hydrogen-bond acceptors (Lipinski definition) is 5. The van der Waals surface area contributed by atoms with Gasteiger partial charge in [-0.05, 0) is 50.1 Å². The highest BCUT2D eigenvalue weighted by Crippen LogP contribution is 2.27. The SMILES string of the molecule is CCOC(=O)COC1=CCC(Cl)C=C1C(=O)c1cc(C)cc(C#N)c1. The number of carbonyl (C=O) groups excluding carboxylic acids is 2. The number of Topliss-reactive ketones (excluding diaryl/α,β-unsaturated/α-hetero) is 1. The lowest BCUT2D eigenvalue weighted by atomic mass is 9.94. The molecule has 1 aliphatic carbocycles. The molecular formula is C19H18ClNO4. The number of alkyl halides is 1. The second-order valence-electron chi connectivity index (χ2n) is 5.52. The number of allylic oxidation sites excluding steroid dienone is 3. The lowest BCUT2D eigenvalue weighted by molar-refractivity contribution is -0.146. The molecule has 0 heterocycles. The predicted molar refractivity (Wildman–Crippen MR) is 93.2 cm³/mol. The molecule has 1 aromatic carbocycles. The van der Waals surface area contributed by atoms with Crippen molar-refractivity contribution < 1.29 is 19.1 Å². The number of halogens is 1. The molecule has 0 fully saturated rings. The Labute approximate surface area is 151 Å². The van der Waals surface area contributed by atoms with Gasteiger partial charge in [0.05, 0.1) is 29.2 Å². The minimum absolute atomic E-state index is 0.257. The van der Waals surface area contributed by atoms with Crippen LogP contribution in [-0.4, -0.2) is 30.3 Å². The molecule has 1 aliphatic rings. The second kappa shape index (κ2) is 8.50. The zero-order chi connectivity index (χ0) is 18.4. The fraction of sp³-hybridized carbons (Fsp3) is 0.316. The van der Waals surface area contributed by atoms with Crippen molar-refractivity contribution >= 4 is 23.4 Å². The van der Waals surface area contributed by atoms with Crippen molar-refractivity contribution in [3.8, 4) is 6.07 Å². The maximum Gasteiger partial charge on any atom is 0.344 e. The Morgan fingerprint density at radius 1 is 1.36 bits per heavy atom. The normalized spacial score (nSPS) is 16.3. The van der Waals surface area contributed by atoms with Crippen molar-refractivity contribution in [2.75, 3.05) is 13.2 Å². The zero-order valence-electron chi connectivity index (χ0n) is 14.0. The van der Waals surface area contributed by atoms with Crippen molar-refractivity contribution in [3.05, 3.63) is 58.4 Å². The lowest BCUT2D eigenvalue weighted by Gasteiger charge is -2.18. The summed E-state index contributed by atoms with van der Waals surface area (Å²) in [7, 11) is 0. The number of hydrogen-bond donors (Lipinski definition) is 0. The highest BCUT2D eigenvalue weighted by molar-refractivity contribution is 6.23. The Morgan fingerprint density at radius 3 is 2.80 bits per heavy atom. The highest BCUT2D eigenvalue weighted by Gasteiger charge is 2.24. The number of carbonyl (C=O) groups is 2. The second-order valence-corrected chi connectivity index (χ2v) is 6.08. The largest absolute Gasteiger partial charge is 0.481 e. The van der Waals surface area contributed by atoms with E-state index in [0.29, 0.717) is 23.3 Å². The minimum Gasteiger partial charge on any atom is -0.481 e. The van der Waals surface area contributed by atoms with Crippen molar-refractivity contribution in [2.24, 2.45) is 0 Å². The van der Waals surface area contributed by atoms with Crippen LogP contribution in [0.2, 0.25) is 0 Å². The summed E-state index contributed by atoms with van der Waals surface area (Å²) < 4.78 is 10.3. The molecule has 1 aromatic rings. The van der Waals surface area contributed by atoms with Gasteiger partial charge in [0.25, 0.3) is 0 Å². The molecule has 0 aromatic heterocycles. The van der Waals surface area contributed by atoms with E-state index in [1.807, 2.05) is 13.0 Å². The van der Waals surface area contributed by atoms with Crippen LogP contribution in [0.3, 0.4) is 0 Å². The van der Waals surface area contributed by atoms with Crippen LogP contribution < -0.4 is 0 Å². The summed E-state index contributed by atoms with van der Waals surface area (Å²) in [5.41, 5.74) is 1.86. The average molecular weight is 360 g/mol. The zero-order valence-corrected chi connectivity index (χ0v) is 14.8. The Morgan fingerprint density at radius 2 is 2.12 bits per heavy atom. The van der Waals surface area contributed by atoms with Gasteiger partial charge in [-0.3, -0.25) is 4.79 Å². The summed E-state index contributed by atoms with van der Waals surface area (Å²) >= 11 is 6.14. The van der Waals surface area contributed by atoms with Crippen molar-refractivity contribution in [1.29, 1.82) is 5.26 Å². The van der Waals surface area contributed by atoms with Crippen LogP contribution >= 0.6 is 11.6 Å². The smallest absolute Gasteiger partial charge is 0.344 e. The Hall–Kier alpha value is -2.58. The maximum absolute atomic E-state index is 12.9. The minimum atomic E-state index is -0.509. The summed E-state index contributed by atoms with van der Waals surface area (Å²) in [6.07, 6.45) is 3.79. The van der Waals surface area contributed by atoms with Gasteiger partial charge >= 0.3 is 5.97 Å². The number of rotatable bonds is 6. The number of benzene rings is 1. The first-order chi connectivity index (χ1) is 11.9. The summed E-state index contributed by atoms with van der Waals surface area (Å²) in [4.78, 5) is 24.4. The highest BCUT2D eigenvalue weighted by atomic mass is 35.5. The van der Waals surface area contributed by atoms with E-state index < -0.39 is 5.97 Å². The molecule has 0 N–H and O–H groups in total. The molecule has 0 radical (unpaired) electrons. The number of ether oxygens (including phenoxy) is 2. The number of nitriles is 1. The molecule has 2 rings (SSSR count). The van der Waals surface area contributed by atoms with Gasteiger partial charge in [-0.15, -0.1) is 11.6 Å². The van der Waals surface area contributed by atoms with Gasteiger partial charge in [0, 0.05) is 5.56 Å². The van der Waals surface area contributed by atoms with Gasteiger partial charge in [-0.2, -0.15) is 5.26 Å². The molecule has 1 atom stereocenters. The standard InChI is InChI=1S/C19H18ClNO4/c1-3-24-18(22)11-25-17-5-4-15(20)9-16(17)19(23)14-7-12(2)6-13(8-14)10-21/h5-9,15H,3-4,11H2,1-2H3. The van der Waals surface area contributed by atoms with Gasteiger partial charge in [0.1, 0.15) is 5.76 Å². The third-order valence-electron chi connectivity index (χ3n) is 3.51. The number of aryl methyl sites for hydroxylation is 1. The summed E-state index contributed by atoms with van der Waals surface area (Å²) in [5, 5.41) is 8.75. The van der Waals surface area contributed by atoms with Crippen molar-refractivity contribution in [2.45, 2.75) is 25.6 Å². The Balaban J connectivity index is 2.25. The van der Waals surface area contributed by atoms with Crippen molar-refractivity contribution in [3.63, 3.8) is 0 Å². The number of ketones is 1. The van der Waals surface area contributed by atoms with Crippen LogP contribution in [0.1, 0.15) is 34.8 Å². The monoisotopic (exact) mass is 359 g/mol. The van der Waals surface area contributed by atoms with E-state index in [2.05, 4.69) is 0 Å². The van der Waals surface area contributed by atoms with E-state index in [1.54, 1.807) is 31.2 Å². The third kappa shape index (κ3) is 4.94. The van der Waals surface area contributed by atoms with E-state index in [4.69, 9.17) is 26.3 Å². The third-order valence-corrected chi connectivity index (χ3v) is 3.81. The van der Waals surface area contributed by atoms with Crippen LogP contribution in [0.4, 0.5) is 0 Å². The van der Waals surface area contributed by atoms with Gasteiger partial charge < -0.3 is 9.47 Å². The summed E-state index contributed by atoms with van der Waals surface area (Å²) in [5.74, 6) is -0.513. The Bertz CT molecular complexity index is 789. The summed E-state index contributed by atoms with van der Waals surface area (Å²) in [6, 6.07) is 6.96. The molecule has 0 spiro atoms. The first-order valence-corrected chi connectivity index (χ1v) is 8.29. The molecule has 0 bridgehead atoms. The van der Waals surface area contributed by atoms with Gasteiger partial charge in [0.2, 0.25) is 0 Å². The van der Waals surface area contributed by atoms with Crippen LogP contribution in [0.5, 0.6) is 0 Å². The first-order valence-electron chi connectivity index (χ1n) is 7.86. The van der Waals surface area contributed by atoms with E-state index in [0.717, 1.165) is 5.56 Å². The van der Waals surface area contributed by atoms with Gasteiger partial charge in [0.15, 0.2) is 12.4 Å². The van der Waals surface area contributed by atoms with E-state index in [9.17, 15) is 9.59 Å². The quantitative estimate of drug-likeness (QED) is 0.441. The molecule has 25 heavy (non-hydrogen) atoms. The molecule has 5 nitrogen and oxygen atoms in total. The van der Waals surface area contributed by atoms with Gasteiger partial charge in [-0.1, -0.05) is 6.08 Å². The topological polar surface area (TPSA) is 76.4 Å². The fourth-order valence-corrected chi connectivity index (χ4v) is 2.67. The lowest BCUT2D eigenvalue weighted by Crippen LogP contribution is -2.18. The number of nitrogens with zero attached hydrogens (tertiary/aromatic N) is 1. The first kappa shape index (κ1) is 18.8. The molecule has 6 heteroatoms. The molecule has 1 unspecified atom stereocenters. The van der Waals surface area contributed by atoms with E-state index >= 15 is 0 Å². The van der Waals surface area contributed by atoms with E-state index in [-0.39, 0.29) is 29.9 Å². The Kier molecular flexibility index (Phi) is 6.37.